The summed E-state index contributed by atoms with van der Waals surface area (Å²) in [5.74, 6) is 0.463. The minimum absolute atomic E-state index is 0.136. The number of hydrogen-bond donors (Lipinski definition) is 1. The maximum absolute atomic E-state index is 10.7. The number of hydrogen-bond acceptors (Lipinski definition) is 1. The van der Waals surface area contributed by atoms with Gasteiger partial charge in [0, 0.05) is 5.92 Å². The van der Waals surface area contributed by atoms with Gasteiger partial charge in [-0.2, -0.15) is 0 Å². The summed E-state index contributed by atoms with van der Waals surface area (Å²) in [7, 11) is 0. The summed E-state index contributed by atoms with van der Waals surface area (Å²) in [4.78, 5) is 10.7. The van der Waals surface area contributed by atoms with E-state index in [0.29, 0.717) is 5.92 Å². The molecule has 1 fully saturated rings. The van der Waals surface area contributed by atoms with E-state index in [0.717, 1.165) is 12.8 Å². The lowest BCUT2D eigenvalue weighted by atomic mass is 10.2. The lowest BCUT2D eigenvalue weighted by molar-refractivity contribution is -0.119. The molecule has 74 valence electrons. The number of carbonyl (C=O) groups is 1. The van der Waals surface area contributed by atoms with E-state index in [9.17, 15) is 4.79 Å². The molecule has 0 unspecified atom stereocenters. The Hall–Kier alpha value is -0.790. The van der Waals surface area contributed by atoms with Gasteiger partial charge in [0.2, 0.25) is 5.91 Å². The Kier molecular flexibility index (Phi) is 4.00. The van der Waals surface area contributed by atoms with Gasteiger partial charge < -0.3 is 5.73 Å². The van der Waals surface area contributed by atoms with E-state index in [4.69, 9.17) is 5.73 Å². The van der Waals surface area contributed by atoms with E-state index in [1.165, 1.54) is 19.3 Å². The fraction of sp³-hybridized carbons (Fsp3) is 0.727. The predicted octanol–water partition coefficient (Wildman–Crippen LogP) is 2.24. The van der Waals surface area contributed by atoms with Crippen LogP contribution in [0.5, 0.6) is 0 Å². The van der Waals surface area contributed by atoms with Crippen molar-refractivity contribution < 1.29 is 4.79 Å². The molecule has 1 aliphatic rings. The number of allylic oxidation sites excluding steroid dienone is 2. The van der Waals surface area contributed by atoms with Crippen molar-refractivity contribution in [3.05, 3.63) is 12.2 Å². The highest BCUT2D eigenvalue weighted by molar-refractivity contribution is 5.80. The first-order chi connectivity index (χ1) is 6.25. The summed E-state index contributed by atoms with van der Waals surface area (Å²) in [6.07, 6.45) is 10.3. The first kappa shape index (κ1) is 10.3. The standard InChI is InChI=1S/C11H19NO/c1-2-3-4-5-6-7-9-8-10(9)11(12)13/h6-7,9-10H,2-5,8H2,1H3,(H2,12,13)/b7-6-/t9-,10+/m1/s1. The fourth-order valence-electron chi connectivity index (χ4n) is 1.54. The van der Waals surface area contributed by atoms with Crippen LogP contribution in [0.3, 0.4) is 0 Å². The zero-order valence-corrected chi connectivity index (χ0v) is 8.33. The van der Waals surface area contributed by atoms with Crippen molar-refractivity contribution in [2.45, 2.75) is 39.0 Å². The van der Waals surface area contributed by atoms with Gasteiger partial charge in [-0.15, -0.1) is 0 Å². The molecular formula is C11H19NO. The average molecular weight is 181 g/mol. The van der Waals surface area contributed by atoms with Gasteiger partial charge in [0.1, 0.15) is 0 Å². The molecule has 0 radical (unpaired) electrons. The Labute approximate surface area is 80.2 Å². The monoisotopic (exact) mass is 181 g/mol. The van der Waals surface area contributed by atoms with Gasteiger partial charge in [0.05, 0.1) is 0 Å². The van der Waals surface area contributed by atoms with Crippen LogP contribution < -0.4 is 5.73 Å². The van der Waals surface area contributed by atoms with Crippen molar-refractivity contribution in [2.75, 3.05) is 0 Å². The summed E-state index contributed by atoms with van der Waals surface area (Å²) in [5, 5.41) is 0. The molecule has 0 heterocycles. The predicted molar refractivity (Wildman–Crippen MR) is 54.1 cm³/mol. The van der Waals surface area contributed by atoms with Crippen molar-refractivity contribution in [2.24, 2.45) is 17.6 Å². The summed E-state index contributed by atoms with van der Waals surface area (Å²) < 4.78 is 0. The molecule has 0 saturated heterocycles. The second-order valence-corrected chi connectivity index (χ2v) is 3.83. The molecular weight excluding hydrogens is 162 g/mol. The maximum atomic E-state index is 10.7. The van der Waals surface area contributed by atoms with Crippen molar-refractivity contribution in [3.8, 4) is 0 Å². The Balaban J connectivity index is 2.03. The van der Waals surface area contributed by atoms with Gasteiger partial charge in [-0.3, -0.25) is 4.79 Å². The Bertz CT molecular complexity index is 198. The van der Waals surface area contributed by atoms with Crippen molar-refractivity contribution in [1.82, 2.24) is 0 Å². The second-order valence-electron chi connectivity index (χ2n) is 3.83. The minimum atomic E-state index is -0.136. The quantitative estimate of drug-likeness (QED) is 0.495. The van der Waals surface area contributed by atoms with Gasteiger partial charge in [-0.25, -0.2) is 0 Å². The number of carbonyl (C=O) groups excluding carboxylic acids is 1. The normalized spacial score (nSPS) is 26.5. The summed E-state index contributed by atoms with van der Waals surface area (Å²) in [5.41, 5.74) is 5.17. The van der Waals surface area contributed by atoms with E-state index < -0.39 is 0 Å². The maximum Gasteiger partial charge on any atom is 0.221 e. The van der Waals surface area contributed by atoms with Crippen molar-refractivity contribution in [3.63, 3.8) is 0 Å². The number of primary amides is 1. The van der Waals surface area contributed by atoms with Gasteiger partial charge in [-0.1, -0.05) is 31.9 Å². The highest BCUT2D eigenvalue weighted by atomic mass is 16.1. The first-order valence-corrected chi connectivity index (χ1v) is 5.21. The smallest absolute Gasteiger partial charge is 0.221 e. The molecule has 0 aromatic rings. The molecule has 1 aliphatic carbocycles. The highest BCUT2D eigenvalue weighted by Crippen LogP contribution is 2.39. The molecule has 0 aromatic carbocycles. The van der Waals surface area contributed by atoms with Gasteiger partial charge in [0.15, 0.2) is 0 Å². The van der Waals surface area contributed by atoms with E-state index in [-0.39, 0.29) is 11.8 Å². The minimum Gasteiger partial charge on any atom is -0.369 e. The Morgan fingerprint density at radius 2 is 2.31 bits per heavy atom. The third-order valence-electron chi connectivity index (χ3n) is 2.56. The van der Waals surface area contributed by atoms with Gasteiger partial charge in [0.25, 0.3) is 0 Å². The van der Waals surface area contributed by atoms with E-state index >= 15 is 0 Å². The molecule has 2 N–H and O–H groups in total. The fourth-order valence-corrected chi connectivity index (χ4v) is 1.54. The van der Waals surface area contributed by atoms with Gasteiger partial charge in [-0.05, 0) is 25.2 Å². The van der Waals surface area contributed by atoms with Crippen LogP contribution in [0.15, 0.2) is 12.2 Å². The number of unbranched alkanes of at least 4 members (excludes halogenated alkanes) is 3. The Morgan fingerprint density at radius 3 is 2.85 bits per heavy atom. The van der Waals surface area contributed by atoms with E-state index in [2.05, 4.69) is 19.1 Å². The van der Waals surface area contributed by atoms with Crippen molar-refractivity contribution >= 4 is 5.91 Å². The molecule has 2 nitrogen and oxygen atoms in total. The number of rotatable bonds is 6. The number of amides is 1. The highest BCUT2D eigenvalue weighted by Gasteiger charge is 2.39. The molecule has 13 heavy (non-hydrogen) atoms. The molecule has 0 spiro atoms. The van der Waals surface area contributed by atoms with Gasteiger partial charge >= 0.3 is 0 Å². The van der Waals surface area contributed by atoms with Crippen LogP contribution >= 0.6 is 0 Å². The SMILES string of the molecule is CCCCC/C=C\[C@@H]1C[C@@H]1C(N)=O. The third-order valence-corrected chi connectivity index (χ3v) is 2.56. The van der Waals surface area contributed by atoms with Crippen LogP contribution in [0.25, 0.3) is 0 Å². The Morgan fingerprint density at radius 1 is 1.54 bits per heavy atom. The van der Waals surface area contributed by atoms with Crippen LogP contribution in [0.4, 0.5) is 0 Å². The largest absolute Gasteiger partial charge is 0.369 e. The van der Waals surface area contributed by atoms with E-state index in [1.54, 1.807) is 0 Å². The summed E-state index contributed by atoms with van der Waals surface area (Å²) in [6.45, 7) is 2.20. The first-order valence-electron chi connectivity index (χ1n) is 5.21. The van der Waals surface area contributed by atoms with Crippen LogP contribution in [-0.2, 0) is 4.79 Å². The average Bonchev–Trinajstić information content (AvgIpc) is 2.83. The summed E-state index contributed by atoms with van der Waals surface area (Å²) in [6, 6.07) is 0. The topological polar surface area (TPSA) is 43.1 Å². The van der Waals surface area contributed by atoms with Crippen LogP contribution in [-0.4, -0.2) is 5.91 Å². The zero-order chi connectivity index (χ0) is 9.68. The molecule has 1 amide bonds. The van der Waals surface area contributed by atoms with Crippen molar-refractivity contribution in [1.29, 1.82) is 0 Å². The molecule has 1 rings (SSSR count). The molecule has 0 bridgehead atoms. The van der Waals surface area contributed by atoms with Crippen LogP contribution in [0, 0.1) is 11.8 Å². The molecule has 0 aromatic heterocycles. The molecule has 2 atom stereocenters. The zero-order valence-electron chi connectivity index (χ0n) is 8.33. The van der Waals surface area contributed by atoms with Crippen LogP contribution in [0.1, 0.15) is 39.0 Å². The summed E-state index contributed by atoms with van der Waals surface area (Å²) >= 11 is 0. The lowest BCUT2D eigenvalue weighted by Crippen LogP contribution is -2.13. The molecule has 2 heteroatoms. The number of nitrogens with two attached hydrogens (primary N) is 1. The lowest BCUT2D eigenvalue weighted by Gasteiger charge is -1.91. The van der Waals surface area contributed by atoms with E-state index in [1.807, 2.05) is 0 Å². The molecule has 0 aliphatic heterocycles. The molecule has 1 saturated carbocycles. The second kappa shape index (κ2) is 5.05. The van der Waals surface area contributed by atoms with Crippen LogP contribution in [0.2, 0.25) is 0 Å². The third kappa shape index (κ3) is 3.62.